The third-order valence-electron chi connectivity index (χ3n) is 3.37. The van der Waals surface area contributed by atoms with Gasteiger partial charge in [-0.05, 0) is 54.1 Å². The number of sulfone groups is 1. The monoisotopic (exact) mass is 354 g/mol. The van der Waals surface area contributed by atoms with E-state index >= 15 is 0 Å². The average Bonchev–Trinajstić information content (AvgIpc) is 2.48. The Morgan fingerprint density at radius 2 is 1.68 bits per heavy atom. The van der Waals surface area contributed by atoms with Gasteiger partial charge in [-0.1, -0.05) is 23.2 Å². The second kappa shape index (κ2) is 5.95. The van der Waals surface area contributed by atoms with E-state index in [-0.39, 0.29) is 10.6 Å². The molecule has 0 aromatic heterocycles. The molecule has 3 nitrogen and oxygen atoms in total. The lowest BCUT2D eigenvalue weighted by Gasteiger charge is -2.19. The Balaban J connectivity index is 1.95. The number of benzene rings is 2. The van der Waals surface area contributed by atoms with Gasteiger partial charge in [0.2, 0.25) is 0 Å². The molecule has 1 aliphatic rings. The molecule has 0 radical (unpaired) electrons. The van der Waals surface area contributed by atoms with Crippen LogP contribution in [-0.2, 0) is 9.84 Å². The van der Waals surface area contributed by atoms with Crippen LogP contribution in [-0.4, -0.2) is 20.8 Å². The van der Waals surface area contributed by atoms with Crippen LogP contribution in [0.4, 0.5) is 0 Å². The largest absolute Gasteiger partial charge is 0.489 e. The van der Waals surface area contributed by atoms with Gasteiger partial charge < -0.3 is 4.74 Å². The Morgan fingerprint density at radius 1 is 1.00 bits per heavy atom. The van der Waals surface area contributed by atoms with Gasteiger partial charge >= 0.3 is 0 Å². The first-order valence-corrected chi connectivity index (χ1v) is 8.96. The fourth-order valence-electron chi connectivity index (χ4n) is 2.29. The molecule has 0 saturated heterocycles. The van der Waals surface area contributed by atoms with E-state index in [0.717, 1.165) is 5.56 Å². The minimum atomic E-state index is -3.46. The Bertz CT molecular complexity index is 840. The van der Waals surface area contributed by atoms with E-state index in [1.165, 1.54) is 12.1 Å². The SMILES string of the molecule is O=S(=O)(CC1=CCOc2ccc(Cl)cc21)c1ccc(Cl)cc1. The maximum absolute atomic E-state index is 12.5. The molecule has 1 aliphatic heterocycles. The molecular weight excluding hydrogens is 343 g/mol. The van der Waals surface area contributed by atoms with Crippen LogP contribution >= 0.6 is 23.2 Å². The lowest BCUT2D eigenvalue weighted by Crippen LogP contribution is -2.13. The van der Waals surface area contributed by atoms with Crippen molar-refractivity contribution in [1.29, 1.82) is 0 Å². The molecule has 0 spiro atoms. The fraction of sp³-hybridized carbons (Fsp3) is 0.125. The molecule has 0 saturated carbocycles. The number of hydrogen-bond acceptors (Lipinski definition) is 3. The third kappa shape index (κ3) is 3.14. The van der Waals surface area contributed by atoms with Crippen molar-refractivity contribution in [3.05, 3.63) is 64.1 Å². The summed E-state index contributed by atoms with van der Waals surface area (Å²) < 4.78 is 30.6. The van der Waals surface area contributed by atoms with E-state index in [1.807, 2.05) is 0 Å². The van der Waals surface area contributed by atoms with Crippen molar-refractivity contribution in [3.63, 3.8) is 0 Å². The summed E-state index contributed by atoms with van der Waals surface area (Å²) in [5.41, 5.74) is 1.41. The fourth-order valence-corrected chi connectivity index (χ4v) is 3.99. The highest BCUT2D eigenvalue weighted by Crippen LogP contribution is 2.33. The first-order valence-electron chi connectivity index (χ1n) is 6.56. The highest BCUT2D eigenvalue weighted by atomic mass is 35.5. The first kappa shape index (κ1) is 15.4. The quantitative estimate of drug-likeness (QED) is 0.827. The van der Waals surface area contributed by atoms with Crippen LogP contribution in [0.2, 0.25) is 10.0 Å². The van der Waals surface area contributed by atoms with Gasteiger partial charge in [0, 0.05) is 15.6 Å². The molecule has 0 unspecified atom stereocenters. The van der Waals surface area contributed by atoms with Crippen molar-refractivity contribution in [3.8, 4) is 5.75 Å². The van der Waals surface area contributed by atoms with E-state index < -0.39 is 9.84 Å². The van der Waals surface area contributed by atoms with Crippen molar-refractivity contribution >= 4 is 38.6 Å². The van der Waals surface area contributed by atoms with Crippen LogP contribution in [0.5, 0.6) is 5.75 Å². The number of halogens is 2. The summed E-state index contributed by atoms with van der Waals surface area (Å²) in [4.78, 5) is 0.243. The van der Waals surface area contributed by atoms with E-state index in [4.69, 9.17) is 27.9 Å². The van der Waals surface area contributed by atoms with Crippen LogP contribution in [0.25, 0.3) is 5.57 Å². The van der Waals surface area contributed by atoms with Crippen LogP contribution in [0.3, 0.4) is 0 Å². The second-order valence-corrected chi connectivity index (χ2v) is 7.76. The standard InChI is InChI=1S/C16H12Cl2O3S/c17-12-1-4-14(5-2-12)22(19,20)10-11-7-8-21-16-6-3-13(18)9-15(11)16/h1-7,9H,8,10H2. The summed E-state index contributed by atoms with van der Waals surface area (Å²) in [6, 6.07) is 11.3. The molecule has 3 rings (SSSR count). The summed E-state index contributed by atoms with van der Waals surface area (Å²) in [5, 5.41) is 1.04. The van der Waals surface area contributed by atoms with Gasteiger partial charge in [-0.2, -0.15) is 0 Å². The summed E-state index contributed by atoms with van der Waals surface area (Å²) in [5.74, 6) is 0.541. The van der Waals surface area contributed by atoms with Gasteiger partial charge in [0.15, 0.2) is 9.84 Å². The molecule has 1 heterocycles. The Labute approximate surface area is 139 Å². The number of ether oxygens (including phenoxy) is 1. The maximum atomic E-state index is 12.5. The zero-order valence-electron chi connectivity index (χ0n) is 11.4. The molecule has 0 amide bonds. The predicted molar refractivity (Wildman–Crippen MR) is 88.4 cm³/mol. The zero-order valence-corrected chi connectivity index (χ0v) is 13.8. The molecule has 2 aromatic carbocycles. The van der Waals surface area contributed by atoms with Gasteiger partial charge in [0.25, 0.3) is 0 Å². The van der Waals surface area contributed by atoms with Gasteiger partial charge in [-0.25, -0.2) is 8.42 Å². The van der Waals surface area contributed by atoms with Crippen LogP contribution in [0.15, 0.2) is 53.4 Å². The van der Waals surface area contributed by atoms with Gasteiger partial charge in [-0.15, -0.1) is 0 Å². The highest BCUT2D eigenvalue weighted by molar-refractivity contribution is 7.91. The highest BCUT2D eigenvalue weighted by Gasteiger charge is 2.22. The van der Waals surface area contributed by atoms with Crippen molar-refractivity contribution < 1.29 is 13.2 Å². The van der Waals surface area contributed by atoms with Crippen molar-refractivity contribution in [1.82, 2.24) is 0 Å². The molecule has 0 N–H and O–H groups in total. The average molecular weight is 355 g/mol. The minimum absolute atomic E-state index is 0.106. The molecule has 0 fully saturated rings. The van der Waals surface area contributed by atoms with Crippen LogP contribution in [0, 0.1) is 0 Å². The third-order valence-corrected chi connectivity index (χ3v) is 5.54. The molecule has 114 valence electrons. The van der Waals surface area contributed by atoms with E-state index in [2.05, 4.69) is 0 Å². The molecule has 6 heteroatoms. The molecule has 2 aromatic rings. The smallest absolute Gasteiger partial charge is 0.182 e. The Kier molecular flexibility index (Phi) is 4.17. The van der Waals surface area contributed by atoms with Crippen molar-refractivity contribution in [2.45, 2.75) is 4.90 Å². The van der Waals surface area contributed by atoms with Crippen molar-refractivity contribution in [2.75, 3.05) is 12.4 Å². The van der Waals surface area contributed by atoms with Crippen molar-refractivity contribution in [2.24, 2.45) is 0 Å². The lowest BCUT2D eigenvalue weighted by molar-refractivity contribution is 0.357. The van der Waals surface area contributed by atoms with E-state index in [0.29, 0.717) is 28.0 Å². The summed E-state index contributed by atoms with van der Waals surface area (Å²) in [7, 11) is -3.46. The first-order chi connectivity index (χ1) is 10.5. The number of rotatable bonds is 3. The normalized spacial score (nSPS) is 14.0. The van der Waals surface area contributed by atoms with Gasteiger partial charge in [0.1, 0.15) is 12.4 Å². The van der Waals surface area contributed by atoms with E-state index in [9.17, 15) is 8.42 Å². The maximum Gasteiger partial charge on any atom is 0.182 e. The molecule has 0 bridgehead atoms. The summed E-state index contributed by atoms with van der Waals surface area (Å²) in [6.45, 7) is 0.347. The van der Waals surface area contributed by atoms with E-state index in [1.54, 1.807) is 36.4 Å². The Morgan fingerprint density at radius 3 is 2.41 bits per heavy atom. The summed E-state index contributed by atoms with van der Waals surface area (Å²) >= 11 is 11.8. The number of fused-ring (bicyclic) bond motifs is 1. The van der Waals surface area contributed by atoms with Gasteiger partial charge in [-0.3, -0.25) is 0 Å². The molecule has 0 aliphatic carbocycles. The van der Waals surface area contributed by atoms with Crippen LogP contribution in [0.1, 0.15) is 5.56 Å². The lowest BCUT2D eigenvalue weighted by atomic mass is 10.0. The topological polar surface area (TPSA) is 43.4 Å². The molecule has 0 atom stereocenters. The van der Waals surface area contributed by atoms with Gasteiger partial charge in [0.05, 0.1) is 10.6 Å². The molecular formula is C16H12Cl2O3S. The second-order valence-electron chi connectivity index (χ2n) is 4.89. The minimum Gasteiger partial charge on any atom is -0.489 e. The Hall–Kier alpha value is -1.49. The number of hydrogen-bond donors (Lipinski definition) is 0. The predicted octanol–water partition coefficient (Wildman–Crippen LogP) is 4.24. The zero-order chi connectivity index (χ0) is 15.7. The summed E-state index contributed by atoms with van der Waals surface area (Å²) in [6.07, 6.45) is 1.77. The van der Waals surface area contributed by atoms with Crippen LogP contribution < -0.4 is 4.74 Å². The molecule has 22 heavy (non-hydrogen) atoms.